The Bertz CT molecular complexity index is 752. The van der Waals surface area contributed by atoms with Crippen LogP contribution in [-0.4, -0.2) is 49.7 Å². The summed E-state index contributed by atoms with van der Waals surface area (Å²) in [5, 5.41) is 38.3. The largest absolute Gasteiger partial charge is 0.478 e. The van der Waals surface area contributed by atoms with Crippen molar-refractivity contribution in [3.05, 3.63) is 22.3 Å². The number of halogens is 1. The highest BCUT2D eigenvalue weighted by Gasteiger charge is 2.40. The maximum Gasteiger partial charge on any atom is 0.332 e. The fraction of sp³-hybridized carbons (Fsp3) is 0.619. The molecular weight excluding hydrogens is 416 g/mol. The zero-order chi connectivity index (χ0) is 23.0. The number of carbonyl (C=O) groups is 4. The minimum Gasteiger partial charge on any atom is -0.478 e. The van der Waals surface area contributed by atoms with Crippen molar-refractivity contribution in [2.24, 2.45) is 11.8 Å². The van der Waals surface area contributed by atoms with Crippen molar-refractivity contribution in [1.82, 2.24) is 0 Å². The lowest BCUT2D eigenvalue weighted by molar-refractivity contribution is -0.138. The van der Waals surface area contributed by atoms with E-state index in [1.807, 2.05) is 13.8 Å². The highest BCUT2D eigenvalue weighted by molar-refractivity contribution is 6.21. The van der Waals surface area contributed by atoms with Crippen molar-refractivity contribution < 1.29 is 39.6 Å². The summed E-state index contributed by atoms with van der Waals surface area (Å²) in [5.74, 6) is -7.87. The summed E-state index contributed by atoms with van der Waals surface area (Å²) < 4.78 is 0. The van der Waals surface area contributed by atoms with Crippen LogP contribution in [0.15, 0.2) is 22.3 Å². The molecule has 0 aromatic heterocycles. The second kappa shape index (κ2) is 11.7. The minimum atomic E-state index is -1.47. The molecule has 0 heterocycles. The zero-order valence-corrected chi connectivity index (χ0v) is 17.9. The molecular formula is C21H29ClO8. The van der Waals surface area contributed by atoms with Crippen LogP contribution >= 0.6 is 11.6 Å². The standard InChI is InChI=1S/C21H29ClO8/c1-3-5-7-11-9-13(18(23)24)17(21(29)30)12(15(22)8-6-4-2)10-14(19(25)26)16(11)20(27)28/h11-12,15H,3-10H2,1-2H3,(H,23,24)(H,25,26)(H,27,28)(H,29,30). The van der Waals surface area contributed by atoms with Crippen LogP contribution in [0.1, 0.15) is 65.2 Å². The Morgan fingerprint density at radius 2 is 1.33 bits per heavy atom. The molecule has 3 atom stereocenters. The number of aliphatic carboxylic acids is 4. The lowest BCUT2D eigenvalue weighted by atomic mass is 9.74. The number of carboxylic acids is 4. The summed E-state index contributed by atoms with van der Waals surface area (Å²) in [6, 6.07) is 0. The van der Waals surface area contributed by atoms with Crippen LogP contribution in [0.25, 0.3) is 0 Å². The lowest BCUT2D eigenvalue weighted by Crippen LogP contribution is -2.32. The molecule has 0 aromatic rings. The maximum absolute atomic E-state index is 12.1. The summed E-state index contributed by atoms with van der Waals surface area (Å²) in [5.41, 5.74) is -1.59. The molecule has 9 heteroatoms. The molecule has 8 nitrogen and oxygen atoms in total. The Morgan fingerprint density at radius 3 is 1.77 bits per heavy atom. The average molecular weight is 445 g/mol. The van der Waals surface area contributed by atoms with Crippen molar-refractivity contribution >= 4 is 35.5 Å². The Labute approximate surface area is 180 Å². The molecule has 3 unspecified atom stereocenters. The second-order valence-electron chi connectivity index (χ2n) is 7.52. The first-order valence-electron chi connectivity index (χ1n) is 10.1. The van der Waals surface area contributed by atoms with Gasteiger partial charge in [0.2, 0.25) is 0 Å². The molecule has 0 saturated heterocycles. The van der Waals surface area contributed by atoms with E-state index in [1.165, 1.54) is 0 Å². The number of hydrogen-bond acceptors (Lipinski definition) is 4. The van der Waals surface area contributed by atoms with Gasteiger partial charge in [0.15, 0.2) is 0 Å². The maximum atomic E-state index is 12.1. The highest BCUT2D eigenvalue weighted by atomic mass is 35.5. The SMILES string of the molecule is CCCCC1CC(C(=O)O)=C(C(=O)O)C(C(Cl)CCCC)CC(C(=O)O)=C1C(=O)O. The Balaban J connectivity index is 3.77. The molecule has 0 radical (unpaired) electrons. The van der Waals surface area contributed by atoms with E-state index in [4.69, 9.17) is 11.6 Å². The van der Waals surface area contributed by atoms with Gasteiger partial charge in [-0.2, -0.15) is 0 Å². The van der Waals surface area contributed by atoms with E-state index >= 15 is 0 Å². The molecule has 4 N–H and O–H groups in total. The van der Waals surface area contributed by atoms with Crippen LogP contribution in [0.5, 0.6) is 0 Å². The van der Waals surface area contributed by atoms with Crippen LogP contribution in [0.4, 0.5) is 0 Å². The van der Waals surface area contributed by atoms with Gasteiger partial charge in [-0.15, -0.1) is 11.6 Å². The molecule has 1 aliphatic rings. The minimum absolute atomic E-state index is 0.239. The van der Waals surface area contributed by atoms with Gasteiger partial charge >= 0.3 is 23.9 Å². The molecule has 1 aliphatic carbocycles. The van der Waals surface area contributed by atoms with E-state index in [-0.39, 0.29) is 18.4 Å². The first-order valence-corrected chi connectivity index (χ1v) is 10.5. The summed E-state index contributed by atoms with van der Waals surface area (Å²) in [6.45, 7) is 3.77. The average Bonchev–Trinajstić information content (AvgIpc) is 2.64. The molecule has 0 saturated carbocycles. The third-order valence-electron chi connectivity index (χ3n) is 5.46. The van der Waals surface area contributed by atoms with Crippen molar-refractivity contribution in [2.75, 3.05) is 0 Å². The summed E-state index contributed by atoms with van der Waals surface area (Å²) in [6.07, 6.45) is 2.39. The fourth-order valence-corrected chi connectivity index (χ4v) is 4.33. The lowest BCUT2D eigenvalue weighted by Gasteiger charge is -2.30. The quantitative estimate of drug-likeness (QED) is 0.350. The van der Waals surface area contributed by atoms with Gasteiger partial charge in [0.05, 0.1) is 11.1 Å². The van der Waals surface area contributed by atoms with E-state index in [1.54, 1.807) is 0 Å². The van der Waals surface area contributed by atoms with Gasteiger partial charge in [0.1, 0.15) is 0 Å². The molecule has 0 aromatic carbocycles. The smallest absolute Gasteiger partial charge is 0.332 e. The third kappa shape index (κ3) is 6.32. The fourth-order valence-electron chi connectivity index (χ4n) is 3.96. The van der Waals surface area contributed by atoms with E-state index in [9.17, 15) is 39.6 Å². The van der Waals surface area contributed by atoms with Crippen LogP contribution in [-0.2, 0) is 19.2 Å². The van der Waals surface area contributed by atoms with E-state index in [0.29, 0.717) is 25.7 Å². The van der Waals surface area contributed by atoms with Gasteiger partial charge in [-0.3, -0.25) is 0 Å². The first-order chi connectivity index (χ1) is 14.1. The van der Waals surface area contributed by atoms with Crippen molar-refractivity contribution in [3.63, 3.8) is 0 Å². The van der Waals surface area contributed by atoms with Crippen LogP contribution in [0, 0.1) is 11.8 Å². The topological polar surface area (TPSA) is 149 Å². The molecule has 0 amide bonds. The molecule has 0 spiro atoms. The Hall–Kier alpha value is -2.35. The van der Waals surface area contributed by atoms with Crippen LogP contribution in [0.3, 0.4) is 0 Å². The van der Waals surface area contributed by atoms with Crippen molar-refractivity contribution in [2.45, 2.75) is 70.6 Å². The summed E-state index contributed by atoms with van der Waals surface area (Å²) >= 11 is 6.44. The number of rotatable bonds is 11. The van der Waals surface area contributed by atoms with Gasteiger partial charge in [0.25, 0.3) is 0 Å². The van der Waals surface area contributed by atoms with E-state index in [0.717, 1.165) is 6.42 Å². The number of carboxylic acid groups (broad SMARTS) is 4. The Kier molecular flexibility index (Phi) is 10.0. The van der Waals surface area contributed by atoms with Gasteiger partial charge in [0, 0.05) is 22.4 Å². The molecule has 168 valence electrons. The monoisotopic (exact) mass is 444 g/mol. The number of alkyl halides is 1. The normalized spacial score (nSPS) is 21.0. The highest BCUT2D eigenvalue weighted by Crippen LogP contribution is 2.40. The van der Waals surface area contributed by atoms with Crippen LogP contribution in [0.2, 0.25) is 0 Å². The molecule has 30 heavy (non-hydrogen) atoms. The van der Waals surface area contributed by atoms with Crippen molar-refractivity contribution in [3.8, 4) is 0 Å². The summed E-state index contributed by atoms with van der Waals surface area (Å²) in [4.78, 5) is 48.1. The van der Waals surface area contributed by atoms with Crippen LogP contribution < -0.4 is 0 Å². The molecule has 0 bridgehead atoms. The number of unbranched alkanes of at least 4 members (excludes halogenated alkanes) is 2. The van der Waals surface area contributed by atoms with Gasteiger partial charge in [-0.25, -0.2) is 19.2 Å². The van der Waals surface area contributed by atoms with Gasteiger partial charge < -0.3 is 20.4 Å². The predicted molar refractivity (Wildman–Crippen MR) is 110 cm³/mol. The predicted octanol–water partition coefficient (Wildman–Crippen LogP) is 3.93. The van der Waals surface area contributed by atoms with Crippen molar-refractivity contribution in [1.29, 1.82) is 0 Å². The Morgan fingerprint density at radius 1 is 0.833 bits per heavy atom. The number of hydrogen-bond donors (Lipinski definition) is 4. The third-order valence-corrected chi connectivity index (χ3v) is 5.98. The zero-order valence-electron chi connectivity index (χ0n) is 17.2. The van der Waals surface area contributed by atoms with E-state index in [2.05, 4.69) is 0 Å². The first kappa shape index (κ1) is 25.7. The van der Waals surface area contributed by atoms with E-state index < -0.39 is 64.2 Å². The molecule has 0 aliphatic heterocycles. The second-order valence-corrected chi connectivity index (χ2v) is 8.08. The summed E-state index contributed by atoms with van der Waals surface area (Å²) in [7, 11) is 0. The molecule has 1 rings (SSSR count). The van der Waals surface area contributed by atoms with Gasteiger partial charge in [-0.1, -0.05) is 39.5 Å². The van der Waals surface area contributed by atoms with Gasteiger partial charge in [-0.05, 0) is 31.6 Å². The molecule has 0 fully saturated rings.